The molecular formula is C20H19ClN2OS. The molecule has 0 atom stereocenters. The summed E-state index contributed by atoms with van der Waals surface area (Å²) in [6, 6.07) is 15.3. The van der Waals surface area contributed by atoms with Crippen LogP contribution in [0.4, 0.5) is 5.13 Å². The summed E-state index contributed by atoms with van der Waals surface area (Å²) >= 11 is 7.46. The van der Waals surface area contributed by atoms with E-state index in [1.165, 1.54) is 16.9 Å². The van der Waals surface area contributed by atoms with E-state index < -0.39 is 0 Å². The van der Waals surface area contributed by atoms with Crippen LogP contribution >= 0.6 is 22.9 Å². The van der Waals surface area contributed by atoms with E-state index in [-0.39, 0.29) is 11.3 Å². The number of anilines is 1. The summed E-state index contributed by atoms with van der Waals surface area (Å²) in [6.45, 7) is 6.56. The molecule has 0 saturated heterocycles. The number of amides is 1. The average molecular weight is 371 g/mol. The Bertz CT molecular complexity index is 895. The van der Waals surface area contributed by atoms with Gasteiger partial charge in [-0.3, -0.25) is 10.1 Å². The van der Waals surface area contributed by atoms with Gasteiger partial charge in [-0.2, -0.15) is 0 Å². The maximum Gasteiger partial charge on any atom is 0.258 e. The molecule has 1 amide bonds. The van der Waals surface area contributed by atoms with Gasteiger partial charge in [0.25, 0.3) is 5.91 Å². The molecule has 0 unspecified atom stereocenters. The fraction of sp³-hybridized carbons (Fsp3) is 0.200. The predicted molar refractivity (Wildman–Crippen MR) is 106 cm³/mol. The van der Waals surface area contributed by atoms with Crippen LogP contribution in [-0.4, -0.2) is 10.9 Å². The van der Waals surface area contributed by atoms with Crippen LogP contribution in [0.5, 0.6) is 0 Å². The molecule has 1 aromatic heterocycles. The normalized spacial score (nSPS) is 11.4. The van der Waals surface area contributed by atoms with Gasteiger partial charge in [-0.1, -0.05) is 68.8 Å². The second-order valence-corrected chi connectivity index (χ2v) is 8.06. The van der Waals surface area contributed by atoms with Gasteiger partial charge in [0.15, 0.2) is 5.13 Å². The third-order valence-electron chi connectivity index (χ3n) is 3.89. The molecule has 0 aliphatic heterocycles. The van der Waals surface area contributed by atoms with Crippen LogP contribution in [0.25, 0.3) is 11.3 Å². The van der Waals surface area contributed by atoms with E-state index in [0.29, 0.717) is 15.7 Å². The highest BCUT2D eigenvalue weighted by Crippen LogP contribution is 2.28. The summed E-state index contributed by atoms with van der Waals surface area (Å²) in [5, 5.41) is 5.73. The Hall–Kier alpha value is -2.17. The highest BCUT2D eigenvalue weighted by molar-refractivity contribution is 7.14. The summed E-state index contributed by atoms with van der Waals surface area (Å²) in [5.74, 6) is -0.255. The summed E-state index contributed by atoms with van der Waals surface area (Å²) < 4.78 is 0. The molecule has 0 spiro atoms. The van der Waals surface area contributed by atoms with E-state index in [1.54, 1.807) is 24.3 Å². The number of nitrogens with one attached hydrogen (secondary N) is 1. The Morgan fingerprint density at radius 2 is 1.76 bits per heavy atom. The van der Waals surface area contributed by atoms with E-state index in [9.17, 15) is 4.79 Å². The van der Waals surface area contributed by atoms with Crippen LogP contribution in [0.1, 0.15) is 36.7 Å². The van der Waals surface area contributed by atoms with E-state index in [1.807, 2.05) is 5.38 Å². The Labute approximate surface area is 156 Å². The maximum absolute atomic E-state index is 12.3. The number of hydrogen-bond donors (Lipinski definition) is 1. The predicted octanol–water partition coefficient (Wildman–Crippen LogP) is 6.01. The fourth-order valence-corrected chi connectivity index (χ4v) is 3.35. The van der Waals surface area contributed by atoms with Crippen molar-refractivity contribution < 1.29 is 4.79 Å². The van der Waals surface area contributed by atoms with Gasteiger partial charge in [-0.05, 0) is 23.1 Å². The van der Waals surface area contributed by atoms with Gasteiger partial charge in [-0.25, -0.2) is 4.98 Å². The first kappa shape index (κ1) is 17.6. The van der Waals surface area contributed by atoms with Crippen LogP contribution in [0.15, 0.2) is 53.9 Å². The summed E-state index contributed by atoms with van der Waals surface area (Å²) in [7, 11) is 0. The van der Waals surface area contributed by atoms with Crippen LogP contribution in [0.3, 0.4) is 0 Å². The molecule has 0 saturated carbocycles. The maximum atomic E-state index is 12.3. The SMILES string of the molecule is CC(C)(C)c1ccc(-c2csc(NC(=O)c3ccccc3Cl)n2)cc1. The fourth-order valence-electron chi connectivity index (χ4n) is 2.41. The molecule has 3 nitrogen and oxygen atoms in total. The van der Waals surface area contributed by atoms with Crippen molar-refractivity contribution in [3.63, 3.8) is 0 Å². The van der Waals surface area contributed by atoms with Crippen molar-refractivity contribution in [3.05, 3.63) is 70.1 Å². The molecule has 3 rings (SSSR count). The van der Waals surface area contributed by atoms with Gasteiger partial charge in [-0.15, -0.1) is 11.3 Å². The van der Waals surface area contributed by atoms with Crippen molar-refractivity contribution in [1.82, 2.24) is 4.98 Å². The Balaban J connectivity index is 1.76. The first-order valence-corrected chi connectivity index (χ1v) is 9.23. The molecule has 0 fully saturated rings. The van der Waals surface area contributed by atoms with Gasteiger partial charge in [0.2, 0.25) is 0 Å². The Kier molecular flexibility index (Phi) is 4.93. The van der Waals surface area contributed by atoms with Crippen molar-refractivity contribution >= 4 is 34.0 Å². The van der Waals surface area contributed by atoms with Gasteiger partial charge in [0.1, 0.15) is 0 Å². The third-order valence-corrected chi connectivity index (χ3v) is 4.98. The van der Waals surface area contributed by atoms with Crippen LogP contribution in [-0.2, 0) is 5.41 Å². The first-order valence-electron chi connectivity index (χ1n) is 7.97. The number of halogens is 1. The van der Waals surface area contributed by atoms with Gasteiger partial charge >= 0.3 is 0 Å². The minimum atomic E-state index is -0.255. The van der Waals surface area contributed by atoms with Gasteiger partial charge in [0, 0.05) is 10.9 Å². The van der Waals surface area contributed by atoms with Crippen LogP contribution < -0.4 is 5.32 Å². The Morgan fingerprint density at radius 3 is 2.40 bits per heavy atom. The largest absolute Gasteiger partial charge is 0.298 e. The zero-order chi connectivity index (χ0) is 18.0. The average Bonchev–Trinajstić information content (AvgIpc) is 3.03. The summed E-state index contributed by atoms with van der Waals surface area (Å²) in [5.41, 5.74) is 3.71. The number of rotatable bonds is 3. The second-order valence-electron chi connectivity index (χ2n) is 6.80. The summed E-state index contributed by atoms with van der Waals surface area (Å²) in [4.78, 5) is 16.8. The van der Waals surface area contributed by atoms with Crippen LogP contribution in [0, 0.1) is 0 Å². The monoisotopic (exact) mass is 370 g/mol. The zero-order valence-corrected chi connectivity index (χ0v) is 15.9. The molecule has 0 bridgehead atoms. The molecule has 5 heteroatoms. The van der Waals surface area contributed by atoms with E-state index >= 15 is 0 Å². The number of carbonyl (C=O) groups is 1. The Morgan fingerprint density at radius 1 is 1.08 bits per heavy atom. The lowest BCUT2D eigenvalue weighted by atomic mass is 9.86. The quantitative estimate of drug-likeness (QED) is 0.613. The molecule has 0 aliphatic rings. The number of aromatic nitrogens is 1. The van der Waals surface area contributed by atoms with Crippen molar-refractivity contribution in [2.45, 2.75) is 26.2 Å². The van der Waals surface area contributed by atoms with E-state index in [4.69, 9.17) is 11.6 Å². The van der Waals surface area contributed by atoms with Crippen molar-refractivity contribution in [1.29, 1.82) is 0 Å². The molecule has 3 aromatic rings. The lowest BCUT2D eigenvalue weighted by Gasteiger charge is -2.18. The third kappa shape index (κ3) is 4.09. The number of hydrogen-bond acceptors (Lipinski definition) is 3. The molecule has 0 radical (unpaired) electrons. The topological polar surface area (TPSA) is 42.0 Å². The van der Waals surface area contributed by atoms with Crippen molar-refractivity contribution in [2.75, 3.05) is 5.32 Å². The molecule has 128 valence electrons. The van der Waals surface area contributed by atoms with E-state index in [2.05, 4.69) is 55.3 Å². The summed E-state index contributed by atoms with van der Waals surface area (Å²) in [6.07, 6.45) is 0. The highest BCUT2D eigenvalue weighted by atomic mass is 35.5. The van der Waals surface area contributed by atoms with Gasteiger partial charge < -0.3 is 0 Å². The second kappa shape index (κ2) is 6.98. The standard InChI is InChI=1S/C20H19ClN2OS/c1-20(2,3)14-10-8-13(9-11-14)17-12-25-19(22-17)23-18(24)15-6-4-5-7-16(15)21/h4-12H,1-3H3,(H,22,23,24). The van der Waals surface area contributed by atoms with Crippen molar-refractivity contribution in [2.24, 2.45) is 0 Å². The minimum absolute atomic E-state index is 0.120. The molecule has 2 aromatic carbocycles. The molecule has 1 heterocycles. The molecule has 1 N–H and O–H groups in total. The lowest BCUT2D eigenvalue weighted by Crippen LogP contribution is -2.12. The molecule has 25 heavy (non-hydrogen) atoms. The highest BCUT2D eigenvalue weighted by Gasteiger charge is 2.15. The first-order chi connectivity index (χ1) is 11.8. The smallest absolute Gasteiger partial charge is 0.258 e. The van der Waals surface area contributed by atoms with Gasteiger partial charge in [0.05, 0.1) is 16.3 Å². The van der Waals surface area contributed by atoms with Crippen molar-refractivity contribution in [3.8, 4) is 11.3 Å². The number of benzene rings is 2. The molecule has 0 aliphatic carbocycles. The molecular weight excluding hydrogens is 352 g/mol. The lowest BCUT2D eigenvalue weighted by molar-refractivity contribution is 0.102. The number of carbonyl (C=O) groups excluding carboxylic acids is 1. The van der Waals surface area contributed by atoms with E-state index in [0.717, 1.165) is 11.3 Å². The van der Waals surface area contributed by atoms with Crippen LogP contribution in [0.2, 0.25) is 5.02 Å². The number of nitrogens with zero attached hydrogens (tertiary/aromatic N) is 1. The minimum Gasteiger partial charge on any atom is -0.298 e. The number of thiazole rings is 1. The zero-order valence-electron chi connectivity index (χ0n) is 14.3.